The third-order valence-corrected chi connectivity index (χ3v) is 4.07. The van der Waals surface area contributed by atoms with Crippen LogP contribution in [0.4, 0.5) is 11.4 Å². The number of nitrogens with one attached hydrogen (secondary N) is 2. The molecule has 8 nitrogen and oxygen atoms in total. The van der Waals surface area contributed by atoms with E-state index in [-0.39, 0.29) is 12.5 Å². The molecule has 8 heteroatoms. The Bertz CT molecular complexity index is 1070. The molecule has 1 aromatic heterocycles. The molecule has 0 saturated heterocycles. The number of rotatable bonds is 7. The van der Waals surface area contributed by atoms with E-state index < -0.39 is 0 Å². The van der Waals surface area contributed by atoms with Crippen molar-refractivity contribution in [3.05, 3.63) is 85.2 Å². The van der Waals surface area contributed by atoms with Crippen molar-refractivity contribution in [3.63, 3.8) is 0 Å². The highest BCUT2D eigenvalue weighted by Gasteiger charge is 2.08. The van der Waals surface area contributed by atoms with Gasteiger partial charge in [-0.3, -0.25) is 4.79 Å². The van der Waals surface area contributed by atoms with Crippen LogP contribution >= 0.6 is 0 Å². The van der Waals surface area contributed by atoms with Gasteiger partial charge in [-0.15, -0.1) is 5.10 Å². The number of ether oxygens (including phenoxy) is 1. The lowest BCUT2D eigenvalue weighted by Crippen LogP contribution is -2.22. The predicted octanol–water partition coefficient (Wildman–Crippen LogP) is 3.51. The van der Waals surface area contributed by atoms with Gasteiger partial charge in [0, 0.05) is 5.69 Å². The first-order valence-corrected chi connectivity index (χ1v) is 8.97. The zero-order chi connectivity index (χ0) is 19.9. The fourth-order valence-corrected chi connectivity index (χ4v) is 2.66. The number of anilines is 2. The summed E-state index contributed by atoms with van der Waals surface area (Å²) >= 11 is 0. The Kier molecular flexibility index (Phi) is 5.43. The molecule has 0 fully saturated rings. The van der Waals surface area contributed by atoms with Crippen LogP contribution in [0.5, 0.6) is 11.5 Å². The number of benzene rings is 3. The molecule has 4 rings (SSSR count). The number of nitrogens with zero attached hydrogens (tertiary/aromatic N) is 4. The Hall–Kier alpha value is -4.20. The number of hydrogen-bond acceptors (Lipinski definition) is 6. The van der Waals surface area contributed by atoms with Gasteiger partial charge in [-0.25, -0.2) is 4.68 Å². The van der Waals surface area contributed by atoms with Gasteiger partial charge < -0.3 is 15.4 Å². The fraction of sp³-hybridized carbons (Fsp3) is 0.0476. The summed E-state index contributed by atoms with van der Waals surface area (Å²) in [5.74, 6) is 1.10. The van der Waals surface area contributed by atoms with Crippen LogP contribution in [-0.4, -0.2) is 32.7 Å². The average molecular weight is 386 g/mol. The highest BCUT2D eigenvalue weighted by molar-refractivity contribution is 5.95. The molecule has 2 N–H and O–H groups in total. The van der Waals surface area contributed by atoms with Crippen molar-refractivity contribution >= 4 is 17.3 Å². The Labute approximate surface area is 167 Å². The van der Waals surface area contributed by atoms with Gasteiger partial charge in [0.2, 0.25) is 5.91 Å². The van der Waals surface area contributed by atoms with Crippen molar-refractivity contribution in [2.24, 2.45) is 0 Å². The van der Waals surface area contributed by atoms with Crippen LogP contribution in [0.1, 0.15) is 0 Å². The summed E-state index contributed by atoms with van der Waals surface area (Å²) in [6, 6.07) is 24.2. The molecule has 0 aliphatic heterocycles. The zero-order valence-electron chi connectivity index (χ0n) is 15.4. The molecular weight excluding hydrogens is 368 g/mol. The molecule has 1 amide bonds. The largest absolute Gasteiger partial charge is 0.455 e. The van der Waals surface area contributed by atoms with E-state index in [9.17, 15) is 4.79 Å². The molecule has 0 saturated carbocycles. The summed E-state index contributed by atoms with van der Waals surface area (Å²) < 4.78 is 7.42. The standard InChI is InChI=1S/C21H18N6O2/c28-21(14-22-16-10-12-17(13-11-16)27-15-23-25-26-27)24-19-8-4-5-9-20(19)29-18-6-2-1-3-7-18/h1-13,15,22H,14H2,(H,24,28). The molecule has 0 bridgehead atoms. The lowest BCUT2D eigenvalue weighted by Gasteiger charge is -2.13. The van der Waals surface area contributed by atoms with E-state index in [0.717, 1.165) is 11.4 Å². The second-order valence-corrected chi connectivity index (χ2v) is 6.11. The number of amides is 1. The first-order chi connectivity index (χ1) is 14.3. The summed E-state index contributed by atoms with van der Waals surface area (Å²) in [5, 5.41) is 17.0. The number of hydrogen-bond donors (Lipinski definition) is 2. The molecule has 0 radical (unpaired) electrons. The van der Waals surface area contributed by atoms with Crippen molar-refractivity contribution in [1.82, 2.24) is 20.2 Å². The molecular formula is C21H18N6O2. The van der Waals surface area contributed by atoms with Crippen molar-refractivity contribution in [1.29, 1.82) is 0 Å². The molecule has 0 aliphatic carbocycles. The quantitative estimate of drug-likeness (QED) is 0.505. The Morgan fingerprint density at radius 2 is 1.69 bits per heavy atom. The van der Waals surface area contributed by atoms with Gasteiger partial charge in [0.25, 0.3) is 0 Å². The zero-order valence-corrected chi connectivity index (χ0v) is 15.4. The number of aromatic nitrogens is 4. The van der Waals surface area contributed by atoms with Crippen molar-refractivity contribution in [3.8, 4) is 17.2 Å². The van der Waals surface area contributed by atoms with Gasteiger partial charge in [0.15, 0.2) is 5.75 Å². The number of tetrazole rings is 1. The lowest BCUT2D eigenvalue weighted by atomic mass is 10.2. The second kappa shape index (κ2) is 8.66. The summed E-state index contributed by atoms with van der Waals surface area (Å²) in [6.45, 7) is 0.115. The minimum Gasteiger partial charge on any atom is -0.455 e. The van der Waals surface area contributed by atoms with E-state index >= 15 is 0 Å². The lowest BCUT2D eigenvalue weighted by molar-refractivity contribution is -0.114. The summed E-state index contributed by atoms with van der Waals surface area (Å²) in [6.07, 6.45) is 1.52. The average Bonchev–Trinajstić information content (AvgIpc) is 3.30. The van der Waals surface area contributed by atoms with Crippen molar-refractivity contribution < 1.29 is 9.53 Å². The summed E-state index contributed by atoms with van der Waals surface area (Å²) in [5.41, 5.74) is 2.25. The smallest absolute Gasteiger partial charge is 0.243 e. The number of para-hydroxylation sites is 3. The van der Waals surface area contributed by atoms with Gasteiger partial charge in [-0.05, 0) is 59.0 Å². The van der Waals surface area contributed by atoms with Gasteiger partial charge in [0.05, 0.1) is 17.9 Å². The van der Waals surface area contributed by atoms with E-state index in [1.807, 2.05) is 72.8 Å². The second-order valence-electron chi connectivity index (χ2n) is 6.11. The maximum Gasteiger partial charge on any atom is 0.243 e. The summed E-state index contributed by atoms with van der Waals surface area (Å²) in [7, 11) is 0. The normalized spacial score (nSPS) is 10.3. The van der Waals surface area contributed by atoms with Crippen LogP contribution in [0.2, 0.25) is 0 Å². The van der Waals surface area contributed by atoms with Gasteiger partial charge in [0.1, 0.15) is 12.1 Å². The van der Waals surface area contributed by atoms with Crippen LogP contribution in [0, 0.1) is 0 Å². The molecule has 0 spiro atoms. The fourth-order valence-electron chi connectivity index (χ4n) is 2.66. The molecule has 1 heterocycles. The van der Waals surface area contributed by atoms with E-state index in [1.54, 1.807) is 10.7 Å². The molecule has 29 heavy (non-hydrogen) atoms. The first-order valence-electron chi connectivity index (χ1n) is 8.97. The number of carbonyl (C=O) groups excluding carboxylic acids is 1. The first kappa shape index (κ1) is 18.2. The highest BCUT2D eigenvalue weighted by Crippen LogP contribution is 2.29. The van der Waals surface area contributed by atoms with Gasteiger partial charge in [-0.2, -0.15) is 0 Å². The monoisotopic (exact) mass is 386 g/mol. The van der Waals surface area contributed by atoms with E-state index in [2.05, 4.69) is 26.2 Å². The molecule has 0 unspecified atom stereocenters. The molecule has 0 atom stereocenters. The van der Waals surface area contributed by atoms with Crippen LogP contribution in [0.25, 0.3) is 5.69 Å². The SMILES string of the molecule is O=C(CNc1ccc(-n2cnnn2)cc1)Nc1ccccc1Oc1ccccc1. The maximum absolute atomic E-state index is 12.4. The minimum atomic E-state index is -0.182. The molecule has 3 aromatic carbocycles. The topological polar surface area (TPSA) is 94.0 Å². The van der Waals surface area contributed by atoms with E-state index in [0.29, 0.717) is 17.2 Å². The van der Waals surface area contributed by atoms with Crippen molar-refractivity contribution in [2.45, 2.75) is 0 Å². The highest BCUT2D eigenvalue weighted by atomic mass is 16.5. The molecule has 4 aromatic rings. The third kappa shape index (κ3) is 4.75. The summed E-state index contributed by atoms with van der Waals surface area (Å²) in [4.78, 5) is 12.4. The van der Waals surface area contributed by atoms with Crippen LogP contribution in [-0.2, 0) is 4.79 Å². The van der Waals surface area contributed by atoms with E-state index in [4.69, 9.17) is 4.74 Å². The van der Waals surface area contributed by atoms with Crippen LogP contribution in [0.3, 0.4) is 0 Å². The minimum absolute atomic E-state index is 0.115. The number of carbonyl (C=O) groups is 1. The maximum atomic E-state index is 12.4. The molecule has 144 valence electrons. The third-order valence-electron chi connectivity index (χ3n) is 4.07. The molecule has 0 aliphatic rings. The van der Waals surface area contributed by atoms with Crippen molar-refractivity contribution in [2.75, 3.05) is 17.2 Å². The van der Waals surface area contributed by atoms with Gasteiger partial charge in [-0.1, -0.05) is 30.3 Å². The Balaban J connectivity index is 1.35. The predicted molar refractivity (Wildman–Crippen MR) is 109 cm³/mol. The Morgan fingerprint density at radius 3 is 2.45 bits per heavy atom. The Morgan fingerprint density at radius 1 is 0.931 bits per heavy atom. The van der Waals surface area contributed by atoms with E-state index in [1.165, 1.54) is 6.33 Å². The van der Waals surface area contributed by atoms with Gasteiger partial charge >= 0.3 is 0 Å². The van der Waals surface area contributed by atoms with Crippen LogP contribution < -0.4 is 15.4 Å². The van der Waals surface area contributed by atoms with Crippen LogP contribution in [0.15, 0.2) is 85.2 Å².